The zero-order valence-corrected chi connectivity index (χ0v) is 12.1. The Morgan fingerprint density at radius 2 is 1.95 bits per heavy atom. The molecule has 0 aliphatic carbocycles. The number of carbonyl (C=O) groups is 1. The van der Waals surface area contributed by atoms with Crippen molar-refractivity contribution in [2.24, 2.45) is 0 Å². The Kier molecular flexibility index (Phi) is 4.22. The molecule has 3 nitrogen and oxygen atoms in total. The minimum atomic E-state index is -0.101. The molecule has 2 aromatic rings. The monoisotopic (exact) mass is 318 g/mol. The molecule has 19 heavy (non-hydrogen) atoms. The summed E-state index contributed by atoms with van der Waals surface area (Å²) in [6.45, 7) is 1.94. The van der Waals surface area contributed by atoms with Crippen LogP contribution in [0, 0.1) is 0 Å². The van der Waals surface area contributed by atoms with Crippen molar-refractivity contribution in [2.45, 2.75) is 13.0 Å². The van der Waals surface area contributed by atoms with Crippen LogP contribution >= 0.6 is 15.9 Å². The average Bonchev–Trinajstić information content (AvgIpc) is 2.38. The second kappa shape index (κ2) is 5.89. The van der Waals surface area contributed by atoms with E-state index < -0.39 is 0 Å². The average molecular weight is 319 g/mol. The van der Waals surface area contributed by atoms with Gasteiger partial charge in [-0.2, -0.15) is 0 Å². The SMILES string of the molecule is CC(NC(=O)c1cccc(Br)c1)c1cccc(N)c1. The Balaban J connectivity index is 2.11. The first-order valence-corrected chi connectivity index (χ1v) is 6.77. The van der Waals surface area contributed by atoms with E-state index in [9.17, 15) is 4.79 Å². The van der Waals surface area contributed by atoms with Gasteiger partial charge < -0.3 is 11.1 Å². The summed E-state index contributed by atoms with van der Waals surface area (Å²) in [6.07, 6.45) is 0. The van der Waals surface area contributed by atoms with E-state index in [0.717, 1.165) is 10.0 Å². The van der Waals surface area contributed by atoms with Gasteiger partial charge in [-0.05, 0) is 42.8 Å². The number of halogens is 1. The topological polar surface area (TPSA) is 55.1 Å². The third-order valence-corrected chi connectivity index (χ3v) is 3.34. The number of hydrogen-bond donors (Lipinski definition) is 2. The van der Waals surface area contributed by atoms with E-state index in [1.807, 2.05) is 43.3 Å². The Morgan fingerprint density at radius 1 is 1.21 bits per heavy atom. The zero-order chi connectivity index (χ0) is 13.8. The molecule has 0 saturated carbocycles. The van der Waals surface area contributed by atoms with Gasteiger partial charge in [-0.25, -0.2) is 0 Å². The van der Waals surface area contributed by atoms with Crippen LogP contribution in [-0.4, -0.2) is 5.91 Å². The highest BCUT2D eigenvalue weighted by Crippen LogP contribution is 2.17. The van der Waals surface area contributed by atoms with Crippen LogP contribution in [0.15, 0.2) is 53.0 Å². The van der Waals surface area contributed by atoms with E-state index in [1.165, 1.54) is 0 Å². The summed E-state index contributed by atoms with van der Waals surface area (Å²) in [6, 6.07) is 14.7. The van der Waals surface area contributed by atoms with Gasteiger partial charge >= 0.3 is 0 Å². The maximum absolute atomic E-state index is 12.1. The Bertz CT molecular complexity index is 598. The van der Waals surface area contributed by atoms with Gasteiger partial charge in [-0.3, -0.25) is 4.79 Å². The van der Waals surface area contributed by atoms with Crippen molar-refractivity contribution in [3.05, 3.63) is 64.1 Å². The smallest absolute Gasteiger partial charge is 0.251 e. The standard InChI is InChI=1S/C15H15BrN2O/c1-10(11-4-3-7-14(17)9-11)18-15(19)12-5-2-6-13(16)8-12/h2-10H,17H2,1H3,(H,18,19). The molecule has 4 heteroatoms. The Hall–Kier alpha value is -1.81. The Labute approximate surface area is 121 Å². The number of nitrogens with one attached hydrogen (secondary N) is 1. The number of anilines is 1. The largest absolute Gasteiger partial charge is 0.399 e. The van der Waals surface area contributed by atoms with Crippen LogP contribution in [0.2, 0.25) is 0 Å². The van der Waals surface area contributed by atoms with Crippen LogP contribution in [0.25, 0.3) is 0 Å². The van der Waals surface area contributed by atoms with E-state index in [1.54, 1.807) is 12.1 Å². The minimum absolute atomic E-state index is 0.0880. The molecule has 0 saturated heterocycles. The fraction of sp³-hybridized carbons (Fsp3) is 0.133. The molecule has 2 aromatic carbocycles. The van der Waals surface area contributed by atoms with E-state index >= 15 is 0 Å². The fourth-order valence-corrected chi connectivity index (χ4v) is 2.22. The van der Waals surface area contributed by atoms with Crippen molar-refractivity contribution in [1.29, 1.82) is 0 Å². The molecule has 0 heterocycles. The van der Waals surface area contributed by atoms with E-state index in [4.69, 9.17) is 5.73 Å². The van der Waals surface area contributed by atoms with Crippen molar-refractivity contribution in [2.75, 3.05) is 5.73 Å². The fourth-order valence-electron chi connectivity index (χ4n) is 1.82. The number of benzene rings is 2. The molecule has 0 fully saturated rings. The normalized spacial score (nSPS) is 11.9. The van der Waals surface area contributed by atoms with Crippen molar-refractivity contribution in [3.63, 3.8) is 0 Å². The summed E-state index contributed by atoms with van der Waals surface area (Å²) >= 11 is 3.35. The third-order valence-electron chi connectivity index (χ3n) is 2.85. The van der Waals surface area contributed by atoms with E-state index in [0.29, 0.717) is 11.3 Å². The number of nitrogens with two attached hydrogens (primary N) is 1. The molecule has 0 bridgehead atoms. The van der Waals surface area contributed by atoms with Gasteiger partial charge in [0.15, 0.2) is 0 Å². The lowest BCUT2D eigenvalue weighted by atomic mass is 10.1. The van der Waals surface area contributed by atoms with Crippen LogP contribution in [-0.2, 0) is 0 Å². The van der Waals surface area contributed by atoms with Crippen LogP contribution < -0.4 is 11.1 Å². The van der Waals surface area contributed by atoms with Gasteiger partial charge in [0.2, 0.25) is 0 Å². The van der Waals surface area contributed by atoms with Crippen molar-refractivity contribution in [3.8, 4) is 0 Å². The van der Waals surface area contributed by atoms with Gasteiger partial charge in [0.1, 0.15) is 0 Å². The second-order valence-corrected chi connectivity index (χ2v) is 5.29. The molecule has 0 aliphatic heterocycles. The molecule has 0 aromatic heterocycles. The first-order chi connectivity index (χ1) is 9.06. The molecular weight excluding hydrogens is 304 g/mol. The molecule has 0 radical (unpaired) electrons. The second-order valence-electron chi connectivity index (χ2n) is 4.38. The minimum Gasteiger partial charge on any atom is -0.399 e. The van der Waals surface area contributed by atoms with Gasteiger partial charge in [0.25, 0.3) is 5.91 Å². The summed E-state index contributed by atoms with van der Waals surface area (Å²) in [5, 5.41) is 2.95. The van der Waals surface area contributed by atoms with Crippen LogP contribution in [0.3, 0.4) is 0 Å². The third kappa shape index (κ3) is 3.58. The summed E-state index contributed by atoms with van der Waals surface area (Å²) in [7, 11) is 0. The van der Waals surface area contributed by atoms with Crippen LogP contribution in [0.1, 0.15) is 28.9 Å². The molecule has 1 atom stereocenters. The highest BCUT2D eigenvalue weighted by Gasteiger charge is 2.11. The number of nitrogen functional groups attached to an aromatic ring is 1. The molecule has 0 aliphatic rings. The summed E-state index contributed by atoms with van der Waals surface area (Å²) in [5.74, 6) is -0.101. The predicted octanol–water partition coefficient (Wildman–Crippen LogP) is 3.52. The highest BCUT2D eigenvalue weighted by molar-refractivity contribution is 9.10. The Morgan fingerprint density at radius 3 is 2.63 bits per heavy atom. The lowest BCUT2D eigenvalue weighted by Gasteiger charge is -2.15. The summed E-state index contributed by atoms with van der Waals surface area (Å²) in [5.41, 5.74) is 8.05. The quantitative estimate of drug-likeness (QED) is 0.851. The van der Waals surface area contributed by atoms with Crippen LogP contribution in [0.5, 0.6) is 0 Å². The molecule has 3 N–H and O–H groups in total. The van der Waals surface area contributed by atoms with Crippen molar-refractivity contribution >= 4 is 27.5 Å². The first-order valence-electron chi connectivity index (χ1n) is 5.98. The lowest BCUT2D eigenvalue weighted by molar-refractivity contribution is 0.0940. The molecule has 1 amide bonds. The van der Waals surface area contributed by atoms with Gasteiger partial charge in [0, 0.05) is 15.7 Å². The number of hydrogen-bond acceptors (Lipinski definition) is 2. The highest BCUT2D eigenvalue weighted by atomic mass is 79.9. The summed E-state index contributed by atoms with van der Waals surface area (Å²) < 4.78 is 0.886. The number of amides is 1. The molecule has 98 valence electrons. The van der Waals surface area contributed by atoms with E-state index in [-0.39, 0.29) is 11.9 Å². The number of rotatable bonds is 3. The van der Waals surface area contributed by atoms with Crippen LogP contribution in [0.4, 0.5) is 5.69 Å². The maximum atomic E-state index is 12.1. The lowest BCUT2D eigenvalue weighted by Crippen LogP contribution is -2.26. The van der Waals surface area contributed by atoms with Crippen molar-refractivity contribution in [1.82, 2.24) is 5.32 Å². The number of carbonyl (C=O) groups excluding carboxylic acids is 1. The van der Waals surface area contributed by atoms with Crippen molar-refractivity contribution < 1.29 is 4.79 Å². The predicted molar refractivity (Wildman–Crippen MR) is 80.9 cm³/mol. The zero-order valence-electron chi connectivity index (χ0n) is 10.6. The van der Waals surface area contributed by atoms with E-state index in [2.05, 4.69) is 21.2 Å². The summed E-state index contributed by atoms with van der Waals surface area (Å²) in [4.78, 5) is 12.1. The molecule has 1 unspecified atom stereocenters. The van der Waals surface area contributed by atoms with Gasteiger partial charge in [-0.1, -0.05) is 34.1 Å². The van der Waals surface area contributed by atoms with Gasteiger partial charge in [0.05, 0.1) is 6.04 Å². The molecular formula is C15H15BrN2O. The molecule has 0 spiro atoms. The first kappa shape index (κ1) is 13.6. The van der Waals surface area contributed by atoms with Gasteiger partial charge in [-0.15, -0.1) is 0 Å². The molecule has 2 rings (SSSR count). The maximum Gasteiger partial charge on any atom is 0.251 e.